The number of rotatable bonds is 7. The van der Waals surface area contributed by atoms with Crippen molar-refractivity contribution in [1.82, 2.24) is 0 Å². The van der Waals surface area contributed by atoms with Crippen LogP contribution in [0.5, 0.6) is 0 Å². The molecule has 0 aliphatic rings. The van der Waals surface area contributed by atoms with Crippen LogP contribution in [0.25, 0.3) is 0 Å². The molecule has 0 aromatic heterocycles. The molecule has 0 aliphatic carbocycles. The minimum atomic E-state index is -0.431. The maximum atomic E-state index is 12.9. The largest absolute Gasteiger partial charge is 0.384 e. The van der Waals surface area contributed by atoms with Gasteiger partial charge in [0, 0.05) is 16.7 Å². The highest BCUT2D eigenvalue weighted by Gasteiger charge is 2.16. The minimum absolute atomic E-state index is 0.0369. The molecule has 0 fully saturated rings. The summed E-state index contributed by atoms with van der Waals surface area (Å²) in [5.74, 6) is -0.927. The highest BCUT2D eigenvalue weighted by atomic mass is 17.1. The van der Waals surface area contributed by atoms with Crippen LogP contribution in [0.15, 0.2) is 66.7 Å². The van der Waals surface area contributed by atoms with E-state index in [1.807, 2.05) is 12.1 Å². The first-order valence-electron chi connectivity index (χ1n) is 10.7. The van der Waals surface area contributed by atoms with Crippen molar-refractivity contribution in [2.24, 2.45) is 5.73 Å². The number of carbonyl (C=O) groups excluding carboxylic acids is 2. The number of benzene rings is 3. The van der Waals surface area contributed by atoms with Gasteiger partial charge in [-0.25, -0.2) is 4.89 Å². The number of hydrogen-bond acceptors (Lipinski definition) is 5. The van der Waals surface area contributed by atoms with Crippen molar-refractivity contribution in [1.29, 1.82) is 5.41 Å². The Balaban J connectivity index is 1.86. The second-order valence-corrected chi connectivity index (χ2v) is 8.88. The summed E-state index contributed by atoms with van der Waals surface area (Å²) < 4.78 is 0. The molecule has 0 unspecified atom stereocenters. The predicted molar refractivity (Wildman–Crippen MR) is 132 cm³/mol. The smallest absolute Gasteiger partial charge is 0.255 e. The van der Waals surface area contributed by atoms with Gasteiger partial charge < -0.3 is 16.4 Å². The monoisotopic (exact) mass is 460 g/mol. The molecule has 0 aliphatic heterocycles. The Morgan fingerprint density at radius 2 is 1.50 bits per heavy atom. The summed E-state index contributed by atoms with van der Waals surface area (Å²) in [6, 6.07) is 18.6. The fourth-order valence-corrected chi connectivity index (χ4v) is 3.31. The average molecular weight is 461 g/mol. The van der Waals surface area contributed by atoms with Crippen molar-refractivity contribution in [3.05, 3.63) is 94.5 Å². The Morgan fingerprint density at radius 1 is 0.882 bits per heavy atom. The van der Waals surface area contributed by atoms with E-state index < -0.39 is 5.91 Å². The van der Waals surface area contributed by atoms with Crippen LogP contribution in [0.1, 0.15) is 58.2 Å². The maximum Gasteiger partial charge on any atom is 0.255 e. The molecule has 8 nitrogen and oxygen atoms in total. The normalized spacial score (nSPS) is 11.1. The Bertz CT molecular complexity index is 1210. The zero-order valence-corrected chi connectivity index (χ0v) is 19.3. The standard InChI is InChI=1S/C26H28N4O4/c1-26(2,3)20-10-8-17(9-11-20)24(31)30-22-13-16(15-34-33)7-12-21(22)29-25(32)19-6-4-5-18(14-19)23(27)28/h4-14,33H,15H2,1-3H3,(H3,27,28)(H,29,32)(H,30,31). The second-order valence-electron chi connectivity index (χ2n) is 8.88. The molecule has 2 amide bonds. The van der Waals surface area contributed by atoms with Crippen molar-refractivity contribution in [3.63, 3.8) is 0 Å². The molecule has 3 aromatic rings. The van der Waals surface area contributed by atoms with E-state index in [-0.39, 0.29) is 23.8 Å². The zero-order chi connectivity index (χ0) is 24.9. The van der Waals surface area contributed by atoms with E-state index in [0.717, 1.165) is 5.56 Å². The van der Waals surface area contributed by atoms with E-state index >= 15 is 0 Å². The fourth-order valence-electron chi connectivity index (χ4n) is 3.31. The van der Waals surface area contributed by atoms with E-state index in [1.54, 1.807) is 48.5 Å². The first kappa shape index (κ1) is 24.6. The van der Waals surface area contributed by atoms with E-state index in [9.17, 15) is 9.59 Å². The number of amidine groups is 1. The molecule has 0 bridgehead atoms. The Morgan fingerprint density at radius 3 is 2.12 bits per heavy atom. The van der Waals surface area contributed by atoms with Crippen LogP contribution in [0.4, 0.5) is 11.4 Å². The molecule has 0 saturated carbocycles. The summed E-state index contributed by atoms with van der Waals surface area (Å²) >= 11 is 0. The van der Waals surface area contributed by atoms with Crippen LogP contribution in [0.3, 0.4) is 0 Å². The quantitative estimate of drug-likeness (QED) is 0.150. The first-order chi connectivity index (χ1) is 16.1. The van der Waals surface area contributed by atoms with Crippen LogP contribution in [-0.2, 0) is 16.9 Å². The molecule has 0 spiro atoms. The van der Waals surface area contributed by atoms with E-state index in [2.05, 4.69) is 36.3 Å². The molecule has 8 heteroatoms. The van der Waals surface area contributed by atoms with Crippen molar-refractivity contribution >= 4 is 29.0 Å². The average Bonchev–Trinajstić information content (AvgIpc) is 2.80. The van der Waals surface area contributed by atoms with Gasteiger partial charge in [-0.2, -0.15) is 0 Å². The van der Waals surface area contributed by atoms with Crippen LogP contribution in [-0.4, -0.2) is 22.9 Å². The van der Waals surface area contributed by atoms with Crippen LogP contribution in [0, 0.1) is 5.41 Å². The molecule has 0 atom stereocenters. The van der Waals surface area contributed by atoms with E-state index in [0.29, 0.717) is 33.6 Å². The summed E-state index contributed by atoms with van der Waals surface area (Å²) in [6.45, 7) is 6.20. The van der Waals surface area contributed by atoms with Crippen LogP contribution < -0.4 is 16.4 Å². The molecule has 0 heterocycles. The summed E-state index contributed by atoms with van der Waals surface area (Å²) in [6.07, 6.45) is 0. The topological polar surface area (TPSA) is 138 Å². The molecule has 0 saturated heterocycles. The lowest BCUT2D eigenvalue weighted by atomic mass is 9.87. The second kappa shape index (κ2) is 10.3. The highest BCUT2D eigenvalue weighted by Crippen LogP contribution is 2.26. The Hall–Kier alpha value is -4.01. The number of nitrogens with two attached hydrogens (primary N) is 1. The van der Waals surface area contributed by atoms with Crippen molar-refractivity contribution in [3.8, 4) is 0 Å². The fraction of sp³-hybridized carbons (Fsp3) is 0.192. The molecule has 6 N–H and O–H groups in total. The Labute approximate surface area is 198 Å². The lowest BCUT2D eigenvalue weighted by Crippen LogP contribution is -2.18. The van der Waals surface area contributed by atoms with Gasteiger partial charge >= 0.3 is 0 Å². The third-order valence-electron chi connectivity index (χ3n) is 5.26. The van der Waals surface area contributed by atoms with Gasteiger partial charge in [0.2, 0.25) is 0 Å². The van der Waals surface area contributed by atoms with Gasteiger partial charge in [0.1, 0.15) is 12.4 Å². The molecule has 176 valence electrons. The van der Waals surface area contributed by atoms with E-state index in [4.69, 9.17) is 16.4 Å². The number of amides is 2. The third kappa shape index (κ3) is 6.06. The van der Waals surface area contributed by atoms with Crippen molar-refractivity contribution < 1.29 is 19.7 Å². The maximum absolute atomic E-state index is 12.9. The summed E-state index contributed by atoms with van der Waals surface area (Å²) in [5.41, 5.74) is 9.08. The molecule has 3 aromatic carbocycles. The molecular weight excluding hydrogens is 432 g/mol. The first-order valence-corrected chi connectivity index (χ1v) is 10.7. The van der Waals surface area contributed by atoms with Gasteiger partial charge in [0.05, 0.1) is 11.4 Å². The highest BCUT2D eigenvalue weighted by molar-refractivity contribution is 6.10. The number of hydrogen-bond donors (Lipinski definition) is 5. The SMILES string of the molecule is CC(C)(C)c1ccc(C(=O)Nc2cc(COO)ccc2NC(=O)c2cccc(C(=N)N)c2)cc1. The zero-order valence-electron chi connectivity index (χ0n) is 19.3. The molecule has 34 heavy (non-hydrogen) atoms. The summed E-state index contributed by atoms with van der Waals surface area (Å²) in [5, 5.41) is 22.0. The molecule has 3 rings (SSSR count). The van der Waals surface area contributed by atoms with Gasteiger partial charge in [-0.1, -0.05) is 51.1 Å². The minimum Gasteiger partial charge on any atom is -0.384 e. The van der Waals surface area contributed by atoms with Crippen LogP contribution in [0.2, 0.25) is 0 Å². The van der Waals surface area contributed by atoms with Crippen molar-refractivity contribution in [2.45, 2.75) is 32.8 Å². The number of carbonyl (C=O) groups is 2. The lowest BCUT2D eigenvalue weighted by molar-refractivity contribution is -0.252. The number of nitrogens with one attached hydrogen (secondary N) is 3. The number of anilines is 2. The van der Waals surface area contributed by atoms with Gasteiger partial charge in [-0.15, -0.1) is 0 Å². The van der Waals surface area contributed by atoms with Crippen LogP contribution >= 0.6 is 0 Å². The third-order valence-corrected chi connectivity index (χ3v) is 5.26. The van der Waals surface area contributed by atoms with Gasteiger partial charge in [0.25, 0.3) is 11.8 Å². The van der Waals surface area contributed by atoms with Gasteiger partial charge in [-0.05, 0) is 52.9 Å². The predicted octanol–water partition coefficient (Wildman–Crippen LogP) is 4.76. The number of nitrogen functional groups attached to an aromatic ring is 1. The van der Waals surface area contributed by atoms with Crippen molar-refractivity contribution in [2.75, 3.05) is 10.6 Å². The summed E-state index contributed by atoms with van der Waals surface area (Å²) in [7, 11) is 0. The van der Waals surface area contributed by atoms with Gasteiger partial charge in [0.15, 0.2) is 0 Å². The molecular formula is C26H28N4O4. The lowest BCUT2D eigenvalue weighted by Gasteiger charge is -2.19. The summed E-state index contributed by atoms with van der Waals surface area (Å²) in [4.78, 5) is 30.0. The Kier molecular flexibility index (Phi) is 7.45. The molecule has 0 radical (unpaired) electrons. The van der Waals surface area contributed by atoms with E-state index in [1.165, 1.54) is 6.07 Å². The van der Waals surface area contributed by atoms with Gasteiger partial charge in [-0.3, -0.25) is 20.3 Å².